The number of hydrogen-bond acceptors (Lipinski definition) is 2. The summed E-state index contributed by atoms with van der Waals surface area (Å²) in [4.78, 5) is 0. The van der Waals surface area contributed by atoms with Crippen molar-refractivity contribution in [1.29, 1.82) is 0 Å². The Morgan fingerprint density at radius 1 is 0.529 bits per heavy atom. The van der Waals surface area contributed by atoms with Crippen LogP contribution in [0.4, 0.5) is 0 Å². The van der Waals surface area contributed by atoms with Crippen LogP contribution < -0.4 is 5.46 Å². The van der Waals surface area contributed by atoms with Gasteiger partial charge in [0.05, 0.1) is 11.2 Å². The van der Waals surface area contributed by atoms with Gasteiger partial charge in [-0.2, -0.15) is 0 Å². The van der Waals surface area contributed by atoms with Crippen molar-refractivity contribution in [2.45, 2.75) is 58.2 Å². The molecule has 0 amide bonds. The van der Waals surface area contributed by atoms with Gasteiger partial charge < -0.3 is 9.31 Å². The monoisotopic (exact) mass is 446 g/mol. The van der Waals surface area contributed by atoms with E-state index in [4.69, 9.17) is 9.31 Å². The molecule has 170 valence electrons. The smallest absolute Gasteiger partial charge is 0.399 e. The van der Waals surface area contributed by atoms with Gasteiger partial charge in [-0.05, 0) is 77.3 Å². The van der Waals surface area contributed by atoms with Crippen LogP contribution in [0.15, 0.2) is 78.9 Å². The van der Waals surface area contributed by atoms with Crippen LogP contribution in [0.3, 0.4) is 0 Å². The van der Waals surface area contributed by atoms with Gasteiger partial charge in [0.25, 0.3) is 0 Å². The summed E-state index contributed by atoms with van der Waals surface area (Å²) in [6.07, 6.45) is 0. The Morgan fingerprint density at radius 2 is 1.09 bits per heavy atom. The molecule has 0 saturated carbocycles. The molecule has 1 fully saturated rings. The highest BCUT2D eigenvalue weighted by molar-refractivity contribution is 6.65. The SMILES string of the molecule is CC1(C)c2ccccc2-c2c(-c3cccc4c(B5OC(C)(C)C(C)(C)O5)cccc34)cccc21. The molecule has 6 rings (SSSR count). The topological polar surface area (TPSA) is 18.5 Å². The number of rotatable bonds is 2. The molecule has 2 nitrogen and oxygen atoms in total. The molecule has 34 heavy (non-hydrogen) atoms. The lowest BCUT2D eigenvalue weighted by Crippen LogP contribution is -2.41. The maximum atomic E-state index is 6.43. The molecule has 3 heteroatoms. The van der Waals surface area contributed by atoms with Crippen LogP contribution >= 0.6 is 0 Å². The molecule has 0 aromatic heterocycles. The quantitative estimate of drug-likeness (QED) is 0.306. The van der Waals surface area contributed by atoms with Crippen LogP contribution in [0.5, 0.6) is 0 Å². The Labute approximate surface area is 203 Å². The van der Waals surface area contributed by atoms with Gasteiger partial charge in [-0.1, -0.05) is 92.7 Å². The third-order valence-electron chi connectivity index (χ3n) is 8.36. The van der Waals surface area contributed by atoms with E-state index in [1.54, 1.807) is 0 Å². The molecular formula is C31H31BO2. The van der Waals surface area contributed by atoms with Gasteiger partial charge in [0, 0.05) is 5.41 Å². The Morgan fingerprint density at radius 3 is 1.85 bits per heavy atom. The lowest BCUT2D eigenvalue weighted by atomic mass is 9.75. The van der Waals surface area contributed by atoms with Gasteiger partial charge in [0.2, 0.25) is 0 Å². The summed E-state index contributed by atoms with van der Waals surface area (Å²) >= 11 is 0. The normalized spacial score (nSPS) is 19.3. The second-order valence-corrected chi connectivity index (χ2v) is 11.2. The Balaban J connectivity index is 1.57. The second kappa shape index (κ2) is 7.07. The number of benzene rings is 4. The largest absolute Gasteiger partial charge is 0.495 e. The minimum absolute atomic E-state index is 0.0135. The summed E-state index contributed by atoms with van der Waals surface area (Å²) in [5.41, 5.74) is 8.37. The predicted octanol–water partition coefficient (Wildman–Crippen LogP) is 7.11. The molecule has 0 N–H and O–H groups in total. The van der Waals surface area contributed by atoms with Gasteiger partial charge in [-0.15, -0.1) is 0 Å². The fourth-order valence-corrected chi connectivity index (χ4v) is 5.72. The highest BCUT2D eigenvalue weighted by Gasteiger charge is 2.52. The molecule has 1 heterocycles. The zero-order chi connectivity index (χ0) is 23.9. The van der Waals surface area contributed by atoms with Gasteiger partial charge in [0.15, 0.2) is 0 Å². The molecule has 1 saturated heterocycles. The van der Waals surface area contributed by atoms with E-state index < -0.39 is 0 Å². The molecule has 4 aromatic rings. The lowest BCUT2D eigenvalue weighted by Gasteiger charge is -2.32. The Bertz CT molecular complexity index is 1430. The van der Waals surface area contributed by atoms with E-state index in [0.717, 1.165) is 5.46 Å². The fourth-order valence-electron chi connectivity index (χ4n) is 5.72. The van der Waals surface area contributed by atoms with Crippen molar-refractivity contribution in [3.8, 4) is 22.3 Å². The number of fused-ring (bicyclic) bond motifs is 4. The molecule has 0 atom stereocenters. The van der Waals surface area contributed by atoms with Gasteiger partial charge in [0.1, 0.15) is 0 Å². The first-order valence-electron chi connectivity index (χ1n) is 12.2. The molecule has 1 aliphatic carbocycles. The maximum absolute atomic E-state index is 6.43. The summed E-state index contributed by atoms with van der Waals surface area (Å²) < 4.78 is 12.9. The minimum atomic E-state index is -0.384. The molecule has 0 radical (unpaired) electrons. The van der Waals surface area contributed by atoms with Crippen molar-refractivity contribution in [3.63, 3.8) is 0 Å². The first-order valence-corrected chi connectivity index (χ1v) is 12.2. The summed E-state index contributed by atoms with van der Waals surface area (Å²) in [6.45, 7) is 13.1. The van der Waals surface area contributed by atoms with E-state index in [1.165, 1.54) is 44.2 Å². The first-order chi connectivity index (χ1) is 16.1. The standard InChI is InChI=1S/C31H31BO2/c1-29(2)25-17-8-7-12-24(25)28-23(16-10-18-26(28)29)21-13-9-15-22-20(21)14-11-19-27(22)32-33-30(3,4)31(5,6)34-32/h7-19H,1-6H3. The molecule has 2 aliphatic rings. The van der Waals surface area contributed by atoms with Crippen LogP contribution in [0, 0.1) is 0 Å². The molecular weight excluding hydrogens is 415 g/mol. The van der Waals surface area contributed by atoms with Gasteiger partial charge in [-0.25, -0.2) is 0 Å². The van der Waals surface area contributed by atoms with Crippen LogP contribution in [0.2, 0.25) is 0 Å². The summed E-state index contributed by atoms with van der Waals surface area (Å²) in [6, 6.07) is 28.7. The van der Waals surface area contributed by atoms with Crippen molar-refractivity contribution in [2.24, 2.45) is 0 Å². The fraction of sp³-hybridized carbons (Fsp3) is 0.290. The van der Waals surface area contributed by atoms with Crippen molar-refractivity contribution in [2.75, 3.05) is 0 Å². The molecule has 4 aromatic carbocycles. The average Bonchev–Trinajstić information content (AvgIpc) is 3.18. The van der Waals surface area contributed by atoms with Crippen molar-refractivity contribution >= 4 is 23.4 Å². The molecule has 1 aliphatic heterocycles. The van der Waals surface area contributed by atoms with Crippen LogP contribution in [-0.4, -0.2) is 18.3 Å². The van der Waals surface area contributed by atoms with E-state index in [2.05, 4.69) is 120 Å². The van der Waals surface area contributed by atoms with Crippen molar-refractivity contribution < 1.29 is 9.31 Å². The zero-order valence-corrected chi connectivity index (χ0v) is 20.9. The van der Waals surface area contributed by atoms with E-state index in [0.29, 0.717) is 0 Å². The summed E-state index contributed by atoms with van der Waals surface area (Å²) in [5.74, 6) is 0. The van der Waals surface area contributed by atoms with E-state index in [-0.39, 0.29) is 23.7 Å². The van der Waals surface area contributed by atoms with Crippen LogP contribution in [0.1, 0.15) is 52.7 Å². The average molecular weight is 446 g/mol. The maximum Gasteiger partial charge on any atom is 0.495 e. The third kappa shape index (κ3) is 2.90. The van der Waals surface area contributed by atoms with Crippen LogP contribution in [0.25, 0.3) is 33.0 Å². The van der Waals surface area contributed by atoms with E-state index >= 15 is 0 Å². The van der Waals surface area contributed by atoms with Gasteiger partial charge in [-0.3, -0.25) is 0 Å². The Hall–Kier alpha value is -2.88. The molecule has 0 bridgehead atoms. The number of hydrogen-bond donors (Lipinski definition) is 0. The summed E-state index contributed by atoms with van der Waals surface area (Å²) in [5, 5.41) is 2.41. The van der Waals surface area contributed by atoms with Crippen molar-refractivity contribution in [1.82, 2.24) is 0 Å². The van der Waals surface area contributed by atoms with Crippen molar-refractivity contribution in [3.05, 3.63) is 90.0 Å². The molecule has 0 unspecified atom stereocenters. The Kier molecular flexibility index (Phi) is 4.50. The molecule has 0 spiro atoms. The van der Waals surface area contributed by atoms with Gasteiger partial charge >= 0.3 is 7.12 Å². The predicted molar refractivity (Wildman–Crippen MR) is 143 cm³/mol. The first kappa shape index (κ1) is 21.6. The van der Waals surface area contributed by atoms with E-state index in [9.17, 15) is 0 Å². The lowest BCUT2D eigenvalue weighted by molar-refractivity contribution is 0.00578. The highest BCUT2D eigenvalue weighted by atomic mass is 16.7. The van der Waals surface area contributed by atoms with Crippen LogP contribution in [-0.2, 0) is 14.7 Å². The summed E-state index contributed by atoms with van der Waals surface area (Å²) in [7, 11) is -0.384. The minimum Gasteiger partial charge on any atom is -0.399 e. The highest BCUT2D eigenvalue weighted by Crippen LogP contribution is 2.52. The third-order valence-corrected chi connectivity index (χ3v) is 8.36. The zero-order valence-electron chi connectivity index (χ0n) is 20.9. The van der Waals surface area contributed by atoms with E-state index in [1.807, 2.05) is 0 Å². The second-order valence-electron chi connectivity index (χ2n) is 11.2.